The van der Waals surface area contributed by atoms with E-state index in [-0.39, 0.29) is 16.2 Å². The predicted molar refractivity (Wildman–Crippen MR) is 98.6 cm³/mol. The monoisotopic (exact) mass is 442 g/mol. The summed E-state index contributed by atoms with van der Waals surface area (Å²) in [5, 5.41) is 0.0563. The third-order valence-electron chi connectivity index (χ3n) is 5.13. The van der Waals surface area contributed by atoms with Gasteiger partial charge in [-0.1, -0.05) is 17.2 Å². The van der Waals surface area contributed by atoms with Crippen molar-refractivity contribution in [2.75, 3.05) is 13.1 Å². The van der Waals surface area contributed by atoms with Gasteiger partial charge in [-0.05, 0) is 45.7 Å². The topological polar surface area (TPSA) is 93.2 Å². The SMILES string of the molecule is CC(C)(C)OC(=O)N1CCC(C(=O)ON2C(=O)c3ccccc3C2=O)(C(F)(F)F)CC1. The van der Waals surface area contributed by atoms with Crippen LogP contribution in [0.1, 0.15) is 54.3 Å². The van der Waals surface area contributed by atoms with Gasteiger partial charge in [0.15, 0.2) is 5.41 Å². The molecule has 1 aromatic rings. The molecular formula is C20H21F3N2O6. The first kappa shape index (κ1) is 22.6. The van der Waals surface area contributed by atoms with Crippen LogP contribution in [-0.4, -0.2) is 58.7 Å². The summed E-state index contributed by atoms with van der Waals surface area (Å²) >= 11 is 0. The fraction of sp³-hybridized carbons (Fsp3) is 0.500. The van der Waals surface area contributed by atoms with Crippen molar-refractivity contribution >= 4 is 23.9 Å². The molecule has 0 aliphatic carbocycles. The van der Waals surface area contributed by atoms with Crippen molar-refractivity contribution in [1.82, 2.24) is 9.96 Å². The molecule has 0 aromatic heterocycles. The standard InChI is InChI=1S/C20H21F3N2O6/c1-18(2,3)30-17(29)24-10-8-19(9-11-24,20(21,22)23)16(28)31-25-14(26)12-6-4-5-7-13(12)15(25)27/h4-7H,8-11H2,1-3H3. The van der Waals surface area contributed by atoms with E-state index in [0.29, 0.717) is 0 Å². The molecule has 2 heterocycles. The first-order valence-electron chi connectivity index (χ1n) is 9.52. The molecule has 2 aliphatic rings. The second kappa shape index (κ2) is 7.54. The summed E-state index contributed by atoms with van der Waals surface area (Å²) in [4.78, 5) is 55.2. The number of alkyl halides is 3. The zero-order valence-electron chi connectivity index (χ0n) is 17.1. The van der Waals surface area contributed by atoms with E-state index in [4.69, 9.17) is 9.57 Å². The molecule has 168 valence electrons. The van der Waals surface area contributed by atoms with Crippen LogP contribution < -0.4 is 0 Å². The third kappa shape index (κ3) is 4.08. The maximum atomic E-state index is 14.0. The molecule has 0 bridgehead atoms. The number of likely N-dealkylation sites (tertiary alicyclic amines) is 1. The quantitative estimate of drug-likeness (QED) is 0.653. The molecule has 0 radical (unpaired) electrons. The number of imide groups is 1. The summed E-state index contributed by atoms with van der Waals surface area (Å²) in [6.07, 6.45) is -7.41. The number of rotatable bonds is 2. The molecule has 0 N–H and O–H groups in total. The largest absolute Gasteiger partial charge is 0.444 e. The average molecular weight is 442 g/mol. The number of fused-ring (bicyclic) bond motifs is 1. The van der Waals surface area contributed by atoms with Crippen LogP contribution >= 0.6 is 0 Å². The molecular weight excluding hydrogens is 421 g/mol. The molecule has 1 fully saturated rings. The van der Waals surface area contributed by atoms with Crippen LogP contribution in [-0.2, 0) is 14.4 Å². The van der Waals surface area contributed by atoms with E-state index >= 15 is 0 Å². The van der Waals surface area contributed by atoms with E-state index in [0.717, 1.165) is 4.90 Å². The van der Waals surface area contributed by atoms with Gasteiger partial charge in [-0.3, -0.25) is 9.59 Å². The van der Waals surface area contributed by atoms with Crippen molar-refractivity contribution in [3.63, 3.8) is 0 Å². The number of hydroxylamine groups is 2. The lowest BCUT2D eigenvalue weighted by Gasteiger charge is -2.40. The number of benzene rings is 1. The Morgan fingerprint density at radius 1 is 0.968 bits per heavy atom. The number of hydrogen-bond donors (Lipinski definition) is 0. The maximum Gasteiger partial charge on any atom is 0.410 e. The lowest BCUT2D eigenvalue weighted by molar-refractivity contribution is -0.255. The Kier molecular flexibility index (Phi) is 5.49. The highest BCUT2D eigenvalue weighted by Crippen LogP contribution is 2.48. The first-order valence-corrected chi connectivity index (χ1v) is 9.52. The average Bonchev–Trinajstić information content (AvgIpc) is 2.91. The molecule has 11 heteroatoms. The van der Waals surface area contributed by atoms with Crippen LogP contribution in [0.5, 0.6) is 0 Å². The second-order valence-electron chi connectivity index (χ2n) is 8.38. The number of hydrogen-bond acceptors (Lipinski definition) is 6. The highest BCUT2D eigenvalue weighted by atomic mass is 19.4. The fourth-order valence-corrected chi connectivity index (χ4v) is 3.42. The molecule has 3 rings (SSSR count). The minimum atomic E-state index is -5.03. The van der Waals surface area contributed by atoms with Gasteiger partial charge in [0.1, 0.15) is 5.60 Å². The van der Waals surface area contributed by atoms with Gasteiger partial charge < -0.3 is 14.5 Å². The van der Waals surface area contributed by atoms with Crippen molar-refractivity contribution in [3.8, 4) is 0 Å². The molecule has 3 amide bonds. The fourth-order valence-electron chi connectivity index (χ4n) is 3.42. The highest BCUT2D eigenvalue weighted by Gasteiger charge is 2.63. The van der Waals surface area contributed by atoms with Crippen molar-refractivity contribution in [1.29, 1.82) is 0 Å². The first-order chi connectivity index (χ1) is 14.3. The molecule has 1 saturated heterocycles. The van der Waals surface area contributed by atoms with Gasteiger partial charge in [-0.2, -0.15) is 13.2 Å². The lowest BCUT2D eigenvalue weighted by Crippen LogP contribution is -2.56. The lowest BCUT2D eigenvalue weighted by atomic mass is 9.77. The molecule has 0 unspecified atom stereocenters. The van der Waals surface area contributed by atoms with Gasteiger partial charge in [-0.25, -0.2) is 9.59 Å². The summed E-state index contributed by atoms with van der Waals surface area (Å²) in [5.74, 6) is -3.80. The third-order valence-corrected chi connectivity index (χ3v) is 5.13. The van der Waals surface area contributed by atoms with E-state index in [1.165, 1.54) is 24.3 Å². The minimum Gasteiger partial charge on any atom is -0.444 e. The van der Waals surface area contributed by atoms with Crippen LogP contribution in [0, 0.1) is 5.41 Å². The van der Waals surface area contributed by atoms with Gasteiger partial charge in [0.25, 0.3) is 11.8 Å². The Labute approximate surface area is 175 Å². The molecule has 2 aliphatic heterocycles. The second-order valence-corrected chi connectivity index (χ2v) is 8.38. The Morgan fingerprint density at radius 3 is 1.87 bits per heavy atom. The van der Waals surface area contributed by atoms with E-state index in [1.807, 2.05) is 0 Å². The molecule has 8 nitrogen and oxygen atoms in total. The molecule has 31 heavy (non-hydrogen) atoms. The summed E-state index contributed by atoms with van der Waals surface area (Å²) in [6.45, 7) is 4.04. The van der Waals surface area contributed by atoms with Crippen LogP contribution in [0.15, 0.2) is 24.3 Å². The number of amides is 3. The number of carbonyl (C=O) groups is 4. The molecule has 0 atom stereocenters. The summed E-state index contributed by atoms with van der Waals surface area (Å²) in [5.41, 5.74) is -3.94. The number of ether oxygens (including phenoxy) is 1. The van der Waals surface area contributed by atoms with Crippen LogP contribution in [0.3, 0.4) is 0 Å². The normalized spacial score (nSPS) is 18.6. The zero-order valence-corrected chi connectivity index (χ0v) is 17.1. The Balaban J connectivity index is 1.77. The smallest absolute Gasteiger partial charge is 0.410 e. The van der Waals surface area contributed by atoms with E-state index in [9.17, 15) is 32.3 Å². The van der Waals surface area contributed by atoms with Gasteiger partial charge in [0, 0.05) is 13.1 Å². The Hall–Kier alpha value is -3.11. The predicted octanol–water partition coefficient (Wildman–Crippen LogP) is 3.32. The number of nitrogens with zero attached hydrogens (tertiary/aromatic N) is 2. The van der Waals surface area contributed by atoms with Crippen molar-refractivity contribution in [2.45, 2.75) is 45.4 Å². The van der Waals surface area contributed by atoms with Gasteiger partial charge in [0.2, 0.25) is 0 Å². The van der Waals surface area contributed by atoms with Crippen LogP contribution in [0.2, 0.25) is 0 Å². The van der Waals surface area contributed by atoms with E-state index in [2.05, 4.69) is 0 Å². The van der Waals surface area contributed by atoms with Crippen molar-refractivity contribution < 1.29 is 41.9 Å². The summed E-state index contributed by atoms with van der Waals surface area (Å²) < 4.78 is 47.0. The van der Waals surface area contributed by atoms with E-state index < -0.39 is 67.0 Å². The van der Waals surface area contributed by atoms with Gasteiger partial charge in [0.05, 0.1) is 11.1 Å². The van der Waals surface area contributed by atoms with Crippen molar-refractivity contribution in [2.24, 2.45) is 5.41 Å². The molecule has 1 aromatic carbocycles. The number of halogens is 3. The minimum absolute atomic E-state index is 0.0563. The number of carbonyl (C=O) groups excluding carboxylic acids is 4. The summed E-state index contributed by atoms with van der Waals surface area (Å²) in [6, 6.07) is 5.56. The van der Waals surface area contributed by atoms with Gasteiger partial charge >= 0.3 is 18.2 Å². The molecule has 0 saturated carbocycles. The summed E-state index contributed by atoms with van der Waals surface area (Å²) in [7, 11) is 0. The highest BCUT2D eigenvalue weighted by molar-refractivity contribution is 6.20. The Morgan fingerprint density at radius 2 is 1.45 bits per heavy atom. The van der Waals surface area contributed by atoms with Crippen molar-refractivity contribution in [3.05, 3.63) is 35.4 Å². The number of piperidine rings is 1. The Bertz CT molecular complexity index is 895. The van der Waals surface area contributed by atoms with E-state index in [1.54, 1.807) is 20.8 Å². The van der Waals surface area contributed by atoms with Crippen LogP contribution in [0.25, 0.3) is 0 Å². The maximum absolute atomic E-state index is 14.0. The van der Waals surface area contributed by atoms with Gasteiger partial charge in [-0.15, -0.1) is 0 Å². The molecule has 0 spiro atoms. The zero-order chi connectivity index (χ0) is 23.2. The van der Waals surface area contributed by atoms with Crippen LogP contribution in [0.4, 0.5) is 18.0 Å².